The summed E-state index contributed by atoms with van der Waals surface area (Å²) in [5, 5.41) is 11.9. The summed E-state index contributed by atoms with van der Waals surface area (Å²) in [4.78, 5) is 11.2. The summed E-state index contributed by atoms with van der Waals surface area (Å²) in [5.74, 6) is -0.300. The van der Waals surface area contributed by atoms with Crippen molar-refractivity contribution in [2.24, 2.45) is 0 Å². The van der Waals surface area contributed by atoms with Crippen molar-refractivity contribution >= 4 is 11.7 Å². The molecule has 0 atom stereocenters. The average Bonchev–Trinajstić information content (AvgIpc) is 2.28. The predicted molar refractivity (Wildman–Crippen MR) is 65.8 cm³/mol. The van der Waals surface area contributed by atoms with Gasteiger partial charge in [0.15, 0.2) is 0 Å². The minimum atomic E-state index is -0.300. The summed E-state index contributed by atoms with van der Waals surface area (Å²) >= 11 is 0. The SMILES string of the molecule is CCOC(=O)CNc1cc(C#N)c(C)cc1C. The van der Waals surface area contributed by atoms with Gasteiger partial charge in [-0.3, -0.25) is 4.79 Å². The van der Waals surface area contributed by atoms with Crippen LogP contribution in [-0.2, 0) is 9.53 Å². The van der Waals surface area contributed by atoms with Crippen LogP contribution in [0, 0.1) is 25.2 Å². The van der Waals surface area contributed by atoms with Crippen molar-refractivity contribution in [2.75, 3.05) is 18.5 Å². The molecule has 0 fully saturated rings. The lowest BCUT2D eigenvalue weighted by atomic mass is 10.0. The van der Waals surface area contributed by atoms with Gasteiger partial charge < -0.3 is 10.1 Å². The van der Waals surface area contributed by atoms with Gasteiger partial charge in [-0.25, -0.2) is 0 Å². The molecule has 0 saturated heterocycles. The molecule has 0 aliphatic carbocycles. The minimum Gasteiger partial charge on any atom is -0.465 e. The van der Waals surface area contributed by atoms with Crippen LogP contribution in [0.3, 0.4) is 0 Å². The van der Waals surface area contributed by atoms with Crippen LogP contribution in [0.2, 0.25) is 0 Å². The average molecular weight is 232 g/mol. The van der Waals surface area contributed by atoms with Crippen LogP contribution in [0.25, 0.3) is 0 Å². The number of esters is 1. The van der Waals surface area contributed by atoms with Crippen LogP contribution in [0.15, 0.2) is 12.1 Å². The lowest BCUT2D eigenvalue weighted by Crippen LogP contribution is -2.17. The number of carbonyl (C=O) groups excluding carboxylic acids is 1. The number of ether oxygens (including phenoxy) is 1. The fraction of sp³-hybridized carbons (Fsp3) is 0.385. The standard InChI is InChI=1S/C13H16N2O2/c1-4-17-13(16)8-15-12-6-11(7-14)9(2)5-10(12)3/h5-6,15H,4,8H2,1-3H3. The summed E-state index contributed by atoms with van der Waals surface area (Å²) in [6.45, 7) is 6.07. The second-order valence-electron chi connectivity index (χ2n) is 3.75. The van der Waals surface area contributed by atoms with Crippen molar-refractivity contribution in [1.82, 2.24) is 0 Å². The molecule has 1 aromatic carbocycles. The molecule has 0 amide bonds. The Morgan fingerprint density at radius 1 is 1.41 bits per heavy atom. The van der Waals surface area contributed by atoms with Crippen molar-refractivity contribution in [2.45, 2.75) is 20.8 Å². The van der Waals surface area contributed by atoms with Gasteiger partial charge >= 0.3 is 5.97 Å². The van der Waals surface area contributed by atoms with E-state index in [1.165, 1.54) is 0 Å². The third kappa shape index (κ3) is 3.49. The van der Waals surface area contributed by atoms with E-state index in [1.54, 1.807) is 13.0 Å². The maximum Gasteiger partial charge on any atom is 0.325 e. The number of benzene rings is 1. The van der Waals surface area contributed by atoms with Crippen molar-refractivity contribution in [1.29, 1.82) is 5.26 Å². The summed E-state index contributed by atoms with van der Waals surface area (Å²) in [7, 11) is 0. The summed E-state index contributed by atoms with van der Waals surface area (Å²) in [5.41, 5.74) is 3.35. The maximum atomic E-state index is 11.2. The fourth-order valence-electron chi connectivity index (χ4n) is 1.54. The number of aryl methyl sites for hydroxylation is 2. The Hall–Kier alpha value is -2.02. The molecule has 0 aliphatic heterocycles. The Balaban J connectivity index is 2.78. The summed E-state index contributed by atoms with van der Waals surface area (Å²) in [6, 6.07) is 5.80. The highest BCUT2D eigenvalue weighted by molar-refractivity contribution is 5.75. The molecule has 1 rings (SSSR count). The van der Waals surface area contributed by atoms with Crippen molar-refractivity contribution in [3.05, 3.63) is 28.8 Å². The molecule has 0 aliphatic rings. The molecule has 0 spiro atoms. The molecule has 0 heterocycles. The van der Waals surface area contributed by atoms with Crippen LogP contribution in [0.1, 0.15) is 23.6 Å². The van der Waals surface area contributed by atoms with E-state index in [0.29, 0.717) is 12.2 Å². The monoisotopic (exact) mass is 232 g/mol. The van der Waals surface area contributed by atoms with E-state index in [2.05, 4.69) is 11.4 Å². The number of hydrogen-bond acceptors (Lipinski definition) is 4. The second kappa shape index (κ2) is 5.90. The van der Waals surface area contributed by atoms with Crippen molar-refractivity contribution in [3.8, 4) is 6.07 Å². The number of anilines is 1. The zero-order chi connectivity index (χ0) is 12.8. The van der Waals surface area contributed by atoms with E-state index in [-0.39, 0.29) is 12.5 Å². The molecule has 90 valence electrons. The first-order valence-corrected chi connectivity index (χ1v) is 5.49. The number of nitriles is 1. The maximum absolute atomic E-state index is 11.2. The Morgan fingerprint density at radius 3 is 2.71 bits per heavy atom. The molecule has 0 radical (unpaired) electrons. The number of hydrogen-bond donors (Lipinski definition) is 1. The van der Waals surface area contributed by atoms with Gasteiger partial charge in [-0.15, -0.1) is 0 Å². The molecule has 1 N–H and O–H groups in total. The topological polar surface area (TPSA) is 62.1 Å². The largest absolute Gasteiger partial charge is 0.465 e. The van der Waals surface area contributed by atoms with E-state index in [1.807, 2.05) is 19.9 Å². The van der Waals surface area contributed by atoms with E-state index in [0.717, 1.165) is 16.8 Å². The van der Waals surface area contributed by atoms with Gasteiger partial charge in [0.2, 0.25) is 0 Å². The van der Waals surface area contributed by atoms with Gasteiger partial charge in [-0.1, -0.05) is 6.07 Å². The van der Waals surface area contributed by atoms with Crippen LogP contribution in [-0.4, -0.2) is 19.1 Å². The zero-order valence-electron chi connectivity index (χ0n) is 10.3. The van der Waals surface area contributed by atoms with E-state index < -0.39 is 0 Å². The zero-order valence-corrected chi connectivity index (χ0v) is 10.3. The van der Waals surface area contributed by atoms with Crippen LogP contribution < -0.4 is 5.32 Å². The summed E-state index contributed by atoms with van der Waals surface area (Å²) in [6.07, 6.45) is 0. The molecule has 17 heavy (non-hydrogen) atoms. The highest BCUT2D eigenvalue weighted by Gasteiger charge is 2.06. The lowest BCUT2D eigenvalue weighted by molar-refractivity contribution is -0.140. The van der Waals surface area contributed by atoms with Gasteiger partial charge in [0.05, 0.1) is 18.2 Å². The van der Waals surface area contributed by atoms with Crippen LogP contribution in [0.5, 0.6) is 0 Å². The molecule has 0 aromatic heterocycles. The van der Waals surface area contributed by atoms with Gasteiger partial charge in [-0.05, 0) is 38.0 Å². The Kier molecular flexibility index (Phi) is 4.53. The van der Waals surface area contributed by atoms with E-state index in [4.69, 9.17) is 10.00 Å². The number of nitrogens with one attached hydrogen (secondary N) is 1. The normalized spacial score (nSPS) is 9.53. The Morgan fingerprint density at radius 2 is 2.12 bits per heavy atom. The smallest absolute Gasteiger partial charge is 0.325 e. The highest BCUT2D eigenvalue weighted by Crippen LogP contribution is 2.19. The number of rotatable bonds is 4. The van der Waals surface area contributed by atoms with Crippen molar-refractivity contribution in [3.63, 3.8) is 0 Å². The second-order valence-corrected chi connectivity index (χ2v) is 3.75. The first-order valence-electron chi connectivity index (χ1n) is 5.49. The third-order valence-electron chi connectivity index (χ3n) is 2.42. The third-order valence-corrected chi connectivity index (χ3v) is 2.42. The van der Waals surface area contributed by atoms with Crippen molar-refractivity contribution < 1.29 is 9.53 Å². The van der Waals surface area contributed by atoms with Gasteiger partial charge in [0.1, 0.15) is 6.54 Å². The highest BCUT2D eigenvalue weighted by atomic mass is 16.5. The van der Waals surface area contributed by atoms with Crippen LogP contribution in [0.4, 0.5) is 5.69 Å². The first-order chi connectivity index (χ1) is 8.08. The van der Waals surface area contributed by atoms with Gasteiger partial charge in [-0.2, -0.15) is 5.26 Å². The molecule has 0 bridgehead atoms. The predicted octanol–water partition coefficient (Wildman–Crippen LogP) is 2.15. The van der Waals surface area contributed by atoms with E-state index in [9.17, 15) is 4.79 Å². The van der Waals surface area contributed by atoms with Crippen LogP contribution >= 0.6 is 0 Å². The lowest BCUT2D eigenvalue weighted by Gasteiger charge is -2.10. The summed E-state index contributed by atoms with van der Waals surface area (Å²) < 4.78 is 4.82. The molecule has 0 unspecified atom stereocenters. The molecular weight excluding hydrogens is 216 g/mol. The fourth-order valence-corrected chi connectivity index (χ4v) is 1.54. The minimum absolute atomic E-state index is 0.114. The molecule has 4 nitrogen and oxygen atoms in total. The Labute approximate surface area is 101 Å². The van der Waals surface area contributed by atoms with Gasteiger partial charge in [0, 0.05) is 5.69 Å². The van der Waals surface area contributed by atoms with Gasteiger partial charge in [0.25, 0.3) is 0 Å². The first kappa shape index (κ1) is 13.0. The molecular formula is C13H16N2O2. The molecule has 0 saturated carbocycles. The quantitative estimate of drug-likeness (QED) is 0.808. The number of carbonyl (C=O) groups is 1. The molecule has 4 heteroatoms. The Bertz CT molecular complexity index is 461. The number of nitrogens with zero attached hydrogens (tertiary/aromatic N) is 1. The molecule has 1 aromatic rings. The van der Waals surface area contributed by atoms with E-state index >= 15 is 0 Å².